The number of para-hydroxylation sites is 1. The SMILES string of the molecule is COc1cccc(CN2Cc3cc(NC(=O)OCc4ccccc4)ccc3OC(C)C2=O)c1OC. The average molecular weight is 477 g/mol. The van der Waals surface area contributed by atoms with Gasteiger partial charge in [-0.2, -0.15) is 0 Å². The Hall–Kier alpha value is -4.20. The van der Waals surface area contributed by atoms with E-state index >= 15 is 0 Å². The van der Waals surface area contributed by atoms with Crippen molar-refractivity contribution in [2.45, 2.75) is 32.7 Å². The third-order valence-corrected chi connectivity index (χ3v) is 5.69. The monoisotopic (exact) mass is 476 g/mol. The molecule has 3 aromatic carbocycles. The molecule has 0 saturated heterocycles. The summed E-state index contributed by atoms with van der Waals surface area (Å²) in [4.78, 5) is 27.1. The van der Waals surface area contributed by atoms with Crippen molar-refractivity contribution in [3.63, 3.8) is 0 Å². The van der Waals surface area contributed by atoms with Crippen molar-refractivity contribution in [2.75, 3.05) is 19.5 Å². The Balaban J connectivity index is 1.50. The van der Waals surface area contributed by atoms with Crippen LogP contribution in [0.4, 0.5) is 10.5 Å². The summed E-state index contributed by atoms with van der Waals surface area (Å²) in [5.41, 5.74) is 3.03. The van der Waals surface area contributed by atoms with Gasteiger partial charge in [0.1, 0.15) is 12.4 Å². The molecule has 0 aromatic heterocycles. The Morgan fingerprint density at radius 2 is 1.86 bits per heavy atom. The molecule has 1 atom stereocenters. The predicted octanol–water partition coefficient (Wildman–Crippen LogP) is 4.76. The summed E-state index contributed by atoms with van der Waals surface area (Å²) in [6.45, 7) is 2.50. The number of nitrogens with one attached hydrogen (secondary N) is 1. The van der Waals surface area contributed by atoms with Gasteiger partial charge in [0.25, 0.3) is 5.91 Å². The van der Waals surface area contributed by atoms with Crippen molar-refractivity contribution in [1.29, 1.82) is 0 Å². The van der Waals surface area contributed by atoms with Gasteiger partial charge in [-0.15, -0.1) is 0 Å². The van der Waals surface area contributed by atoms with Crippen molar-refractivity contribution in [2.24, 2.45) is 0 Å². The van der Waals surface area contributed by atoms with Crippen LogP contribution in [0.5, 0.6) is 17.2 Å². The number of ether oxygens (including phenoxy) is 4. The van der Waals surface area contributed by atoms with Crippen LogP contribution in [0, 0.1) is 0 Å². The molecule has 1 unspecified atom stereocenters. The first kappa shape index (κ1) is 23.9. The molecule has 0 saturated carbocycles. The number of methoxy groups -OCH3 is 2. The van der Waals surface area contributed by atoms with Crippen LogP contribution in [-0.2, 0) is 29.2 Å². The summed E-state index contributed by atoms with van der Waals surface area (Å²) in [6, 6.07) is 20.3. The second-order valence-corrected chi connectivity index (χ2v) is 8.12. The van der Waals surface area contributed by atoms with Crippen molar-refractivity contribution in [3.05, 3.63) is 83.4 Å². The van der Waals surface area contributed by atoms with E-state index in [-0.39, 0.29) is 12.5 Å². The summed E-state index contributed by atoms with van der Waals surface area (Å²) < 4.78 is 22.1. The van der Waals surface area contributed by atoms with Crippen molar-refractivity contribution in [1.82, 2.24) is 4.90 Å². The Labute approximate surface area is 204 Å². The van der Waals surface area contributed by atoms with E-state index < -0.39 is 12.2 Å². The molecule has 8 nitrogen and oxygen atoms in total. The fourth-order valence-electron chi connectivity index (χ4n) is 3.97. The van der Waals surface area contributed by atoms with Crippen LogP contribution in [0.25, 0.3) is 0 Å². The van der Waals surface area contributed by atoms with Gasteiger partial charge in [0, 0.05) is 29.9 Å². The van der Waals surface area contributed by atoms with Gasteiger partial charge in [0.05, 0.1) is 14.2 Å². The second kappa shape index (κ2) is 10.8. The first-order valence-electron chi connectivity index (χ1n) is 11.2. The Morgan fingerprint density at radius 3 is 2.60 bits per heavy atom. The number of amides is 2. The molecule has 8 heteroatoms. The summed E-state index contributed by atoms with van der Waals surface area (Å²) in [5.74, 6) is 1.62. The van der Waals surface area contributed by atoms with Crippen LogP contribution < -0.4 is 19.5 Å². The van der Waals surface area contributed by atoms with Gasteiger partial charge < -0.3 is 23.8 Å². The Morgan fingerprint density at radius 1 is 1.06 bits per heavy atom. The highest BCUT2D eigenvalue weighted by Crippen LogP contribution is 2.34. The predicted molar refractivity (Wildman–Crippen MR) is 131 cm³/mol. The molecule has 0 bridgehead atoms. The Bertz CT molecular complexity index is 1200. The van der Waals surface area contributed by atoms with Gasteiger partial charge in [-0.1, -0.05) is 42.5 Å². The average Bonchev–Trinajstić information content (AvgIpc) is 2.99. The molecule has 1 aliphatic rings. The fourth-order valence-corrected chi connectivity index (χ4v) is 3.97. The van der Waals surface area contributed by atoms with E-state index in [1.165, 1.54) is 0 Å². The van der Waals surface area contributed by atoms with Gasteiger partial charge in [0.2, 0.25) is 0 Å². The maximum atomic E-state index is 13.1. The fraction of sp³-hybridized carbons (Fsp3) is 0.259. The summed E-state index contributed by atoms with van der Waals surface area (Å²) in [6.07, 6.45) is -1.23. The van der Waals surface area contributed by atoms with E-state index in [4.69, 9.17) is 18.9 Å². The number of hydrogen-bond acceptors (Lipinski definition) is 6. The van der Waals surface area contributed by atoms with Crippen molar-refractivity contribution in [3.8, 4) is 17.2 Å². The normalized spacial score (nSPS) is 14.9. The van der Waals surface area contributed by atoms with Crippen LogP contribution in [-0.4, -0.2) is 37.2 Å². The minimum absolute atomic E-state index is 0.150. The number of benzene rings is 3. The summed E-state index contributed by atoms with van der Waals surface area (Å²) in [7, 11) is 3.14. The molecule has 4 rings (SSSR count). The summed E-state index contributed by atoms with van der Waals surface area (Å²) >= 11 is 0. The van der Waals surface area contributed by atoms with E-state index in [1.807, 2.05) is 48.5 Å². The lowest BCUT2D eigenvalue weighted by molar-refractivity contribution is -0.138. The zero-order valence-electron chi connectivity index (χ0n) is 19.9. The first-order valence-corrected chi connectivity index (χ1v) is 11.2. The zero-order chi connectivity index (χ0) is 24.8. The van der Waals surface area contributed by atoms with Crippen LogP contribution in [0.15, 0.2) is 66.7 Å². The molecule has 0 radical (unpaired) electrons. The third-order valence-electron chi connectivity index (χ3n) is 5.69. The lowest BCUT2D eigenvalue weighted by Gasteiger charge is -2.24. The molecule has 1 heterocycles. The standard InChI is InChI=1S/C27H28N2O6/c1-18-26(30)29(15-20-10-7-11-24(32-2)25(20)33-3)16-21-14-22(12-13-23(21)35-18)28-27(31)34-17-19-8-5-4-6-9-19/h4-14,18H,15-17H2,1-3H3,(H,28,31). The number of fused-ring (bicyclic) bond motifs is 1. The Kier molecular flexibility index (Phi) is 7.40. The van der Waals surface area contributed by atoms with Crippen LogP contribution >= 0.6 is 0 Å². The number of hydrogen-bond donors (Lipinski definition) is 1. The van der Waals surface area contributed by atoms with E-state index in [1.54, 1.807) is 44.2 Å². The third kappa shape index (κ3) is 5.66. The van der Waals surface area contributed by atoms with E-state index in [0.29, 0.717) is 36.0 Å². The highest BCUT2D eigenvalue weighted by atomic mass is 16.5. The topological polar surface area (TPSA) is 86.3 Å². The highest BCUT2D eigenvalue weighted by molar-refractivity contribution is 5.85. The van der Waals surface area contributed by atoms with Crippen LogP contribution in [0.2, 0.25) is 0 Å². The van der Waals surface area contributed by atoms with Crippen LogP contribution in [0.1, 0.15) is 23.6 Å². The zero-order valence-corrected chi connectivity index (χ0v) is 19.9. The number of carbonyl (C=O) groups is 2. The van der Waals surface area contributed by atoms with Crippen LogP contribution in [0.3, 0.4) is 0 Å². The lowest BCUT2D eigenvalue weighted by Crippen LogP contribution is -2.37. The van der Waals surface area contributed by atoms with E-state index in [9.17, 15) is 9.59 Å². The minimum Gasteiger partial charge on any atom is -0.493 e. The van der Waals surface area contributed by atoms with Gasteiger partial charge in [0.15, 0.2) is 17.6 Å². The molecular weight excluding hydrogens is 448 g/mol. The molecule has 182 valence electrons. The molecule has 2 amide bonds. The number of nitrogens with zero attached hydrogens (tertiary/aromatic N) is 1. The summed E-state index contributed by atoms with van der Waals surface area (Å²) in [5, 5.41) is 2.75. The maximum absolute atomic E-state index is 13.1. The van der Waals surface area contributed by atoms with Crippen molar-refractivity contribution >= 4 is 17.7 Å². The molecule has 0 fully saturated rings. The highest BCUT2D eigenvalue weighted by Gasteiger charge is 2.29. The second-order valence-electron chi connectivity index (χ2n) is 8.12. The molecule has 1 N–H and O–H groups in total. The molecule has 3 aromatic rings. The largest absolute Gasteiger partial charge is 0.493 e. The number of anilines is 1. The van der Waals surface area contributed by atoms with Gasteiger partial charge in [-0.3, -0.25) is 10.1 Å². The number of carbonyl (C=O) groups excluding carboxylic acids is 2. The molecule has 35 heavy (non-hydrogen) atoms. The molecular formula is C27H28N2O6. The molecule has 0 aliphatic carbocycles. The van der Waals surface area contributed by atoms with Gasteiger partial charge >= 0.3 is 6.09 Å². The smallest absolute Gasteiger partial charge is 0.411 e. The van der Waals surface area contributed by atoms with Crippen molar-refractivity contribution < 1.29 is 28.5 Å². The van der Waals surface area contributed by atoms with E-state index in [0.717, 1.165) is 16.7 Å². The lowest BCUT2D eigenvalue weighted by atomic mass is 10.1. The quantitative estimate of drug-likeness (QED) is 0.529. The van der Waals surface area contributed by atoms with Gasteiger partial charge in [-0.25, -0.2) is 4.79 Å². The first-order chi connectivity index (χ1) is 17.0. The molecule has 1 aliphatic heterocycles. The maximum Gasteiger partial charge on any atom is 0.411 e. The van der Waals surface area contributed by atoms with E-state index in [2.05, 4.69) is 5.32 Å². The molecule has 0 spiro atoms. The van der Waals surface area contributed by atoms with Gasteiger partial charge in [-0.05, 0) is 36.8 Å². The number of rotatable bonds is 7. The minimum atomic E-state index is -0.664.